The Labute approximate surface area is 127 Å². The quantitative estimate of drug-likeness (QED) is 0.830. The molecule has 0 bridgehead atoms. The summed E-state index contributed by atoms with van der Waals surface area (Å²) in [5.74, 6) is -0.0996. The van der Waals surface area contributed by atoms with Crippen LogP contribution >= 0.6 is 0 Å². The normalized spacial score (nSPS) is 16.7. The fraction of sp³-hybridized carbons (Fsp3) is 0.467. The van der Waals surface area contributed by atoms with E-state index in [1.165, 1.54) is 4.68 Å². The zero-order valence-corrected chi connectivity index (χ0v) is 12.4. The Morgan fingerprint density at radius 3 is 2.77 bits per heavy atom. The molecule has 0 saturated carbocycles. The molecule has 2 aromatic rings. The lowest BCUT2D eigenvalue weighted by molar-refractivity contribution is -0.139. The minimum atomic E-state index is -0.622. The molecule has 1 aromatic heterocycles. The SMILES string of the molecule is CC[C@@H](C(=O)N1CCOCC1)n1nnc2ccccc2c1=O. The van der Waals surface area contributed by atoms with Gasteiger partial charge in [-0.3, -0.25) is 9.59 Å². The molecule has 116 valence electrons. The van der Waals surface area contributed by atoms with E-state index in [1.54, 1.807) is 29.2 Å². The van der Waals surface area contributed by atoms with Gasteiger partial charge in [-0.05, 0) is 18.6 Å². The van der Waals surface area contributed by atoms with Crippen LogP contribution in [0.15, 0.2) is 29.1 Å². The largest absolute Gasteiger partial charge is 0.378 e. The lowest BCUT2D eigenvalue weighted by atomic mass is 10.1. The molecule has 1 fully saturated rings. The molecule has 1 amide bonds. The maximum Gasteiger partial charge on any atom is 0.278 e. The predicted molar refractivity (Wildman–Crippen MR) is 80.5 cm³/mol. The van der Waals surface area contributed by atoms with Crippen LogP contribution < -0.4 is 5.56 Å². The van der Waals surface area contributed by atoms with Crippen LogP contribution in [-0.4, -0.2) is 52.1 Å². The van der Waals surface area contributed by atoms with Gasteiger partial charge < -0.3 is 9.64 Å². The van der Waals surface area contributed by atoms with Crippen LogP contribution in [0.3, 0.4) is 0 Å². The smallest absolute Gasteiger partial charge is 0.278 e. The first-order valence-corrected chi connectivity index (χ1v) is 7.43. The average Bonchev–Trinajstić information content (AvgIpc) is 2.58. The number of rotatable bonds is 3. The average molecular weight is 302 g/mol. The number of hydrogen-bond acceptors (Lipinski definition) is 5. The summed E-state index contributed by atoms with van der Waals surface area (Å²) in [5.41, 5.74) is 0.261. The van der Waals surface area contributed by atoms with Crippen molar-refractivity contribution in [2.75, 3.05) is 26.3 Å². The van der Waals surface area contributed by atoms with Crippen molar-refractivity contribution in [2.24, 2.45) is 0 Å². The van der Waals surface area contributed by atoms with Crippen molar-refractivity contribution in [1.82, 2.24) is 19.9 Å². The first-order chi connectivity index (χ1) is 10.7. The predicted octanol–water partition coefficient (Wildman–Crippen LogP) is 0.601. The highest BCUT2D eigenvalue weighted by atomic mass is 16.5. The van der Waals surface area contributed by atoms with Crippen LogP contribution in [0.25, 0.3) is 10.9 Å². The highest BCUT2D eigenvalue weighted by Crippen LogP contribution is 2.14. The van der Waals surface area contributed by atoms with Gasteiger partial charge in [-0.15, -0.1) is 5.10 Å². The van der Waals surface area contributed by atoms with E-state index in [0.29, 0.717) is 43.6 Å². The van der Waals surface area contributed by atoms with E-state index in [2.05, 4.69) is 10.3 Å². The van der Waals surface area contributed by atoms with E-state index in [-0.39, 0.29) is 11.5 Å². The third kappa shape index (κ3) is 2.59. The van der Waals surface area contributed by atoms with Crippen LogP contribution in [-0.2, 0) is 9.53 Å². The van der Waals surface area contributed by atoms with Gasteiger partial charge in [-0.1, -0.05) is 24.3 Å². The van der Waals surface area contributed by atoms with Gasteiger partial charge >= 0.3 is 0 Å². The number of hydrogen-bond donors (Lipinski definition) is 0. The molecule has 0 unspecified atom stereocenters. The highest BCUT2D eigenvalue weighted by molar-refractivity contribution is 5.81. The Morgan fingerprint density at radius 1 is 1.32 bits per heavy atom. The van der Waals surface area contributed by atoms with Gasteiger partial charge in [0, 0.05) is 13.1 Å². The third-order valence-electron chi connectivity index (χ3n) is 3.88. The zero-order chi connectivity index (χ0) is 15.5. The van der Waals surface area contributed by atoms with E-state index in [0.717, 1.165) is 0 Å². The number of nitrogens with zero attached hydrogens (tertiary/aromatic N) is 4. The molecule has 22 heavy (non-hydrogen) atoms. The Hall–Kier alpha value is -2.28. The molecule has 3 rings (SSSR count). The van der Waals surface area contributed by atoms with Gasteiger partial charge in [0.2, 0.25) is 5.91 Å². The topological polar surface area (TPSA) is 77.3 Å². The van der Waals surface area contributed by atoms with Crippen molar-refractivity contribution in [2.45, 2.75) is 19.4 Å². The molecule has 2 heterocycles. The van der Waals surface area contributed by atoms with Gasteiger partial charge in [0.05, 0.1) is 18.6 Å². The molecule has 0 radical (unpaired) electrons. The van der Waals surface area contributed by atoms with Gasteiger partial charge in [-0.2, -0.15) is 4.68 Å². The summed E-state index contributed by atoms with van der Waals surface area (Å²) < 4.78 is 6.47. The van der Waals surface area contributed by atoms with Crippen molar-refractivity contribution < 1.29 is 9.53 Å². The molecule has 1 aliphatic heterocycles. The van der Waals surface area contributed by atoms with Crippen molar-refractivity contribution in [1.29, 1.82) is 0 Å². The Balaban J connectivity index is 1.98. The van der Waals surface area contributed by atoms with E-state index in [1.807, 2.05) is 6.92 Å². The van der Waals surface area contributed by atoms with E-state index in [4.69, 9.17) is 4.74 Å². The van der Waals surface area contributed by atoms with Gasteiger partial charge in [0.25, 0.3) is 5.56 Å². The molecule has 1 aromatic carbocycles. The zero-order valence-electron chi connectivity index (χ0n) is 12.4. The fourth-order valence-electron chi connectivity index (χ4n) is 2.65. The summed E-state index contributed by atoms with van der Waals surface area (Å²) in [6.45, 7) is 4.02. The van der Waals surface area contributed by atoms with Crippen LogP contribution in [0.4, 0.5) is 0 Å². The second-order valence-electron chi connectivity index (χ2n) is 5.22. The lowest BCUT2D eigenvalue weighted by Crippen LogP contribution is -2.46. The Bertz CT molecular complexity index is 737. The van der Waals surface area contributed by atoms with Crippen LogP contribution in [0.2, 0.25) is 0 Å². The van der Waals surface area contributed by atoms with Gasteiger partial charge in [0.1, 0.15) is 11.6 Å². The number of carbonyl (C=O) groups is 1. The number of amides is 1. The second kappa shape index (κ2) is 6.23. The summed E-state index contributed by atoms with van der Waals surface area (Å²) >= 11 is 0. The molecule has 1 aliphatic rings. The van der Waals surface area contributed by atoms with Crippen molar-refractivity contribution in [3.05, 3.63) is 34.6 Å². The summed E-state index contributed by atoms with van der Waals surface area (Å²) in [4.78, 5) is 27.0. The first-order valence-electron chi connectivity index (χ1n) is 7.43. The monoisotopic (exact) mass is 302 g/mol. The van der Waals surface area contributed by atoms with E-state index >= 15 is 0 Å². The Kier molecular flexibility index (Phi) is 4.15. The number of morpholine rings is 1. The molecule has 7 heteroatoms. The van der Waals surface area contributed by atoms with Crippen LogP contribution in [0.1, 0.15) is 19.4 Å². The van der Waals surface area contributed by atoms with Crippen molar-refractivity contribution >= 4 is 16.8 Å². The number of benzene rings is 1. The fourth-order valence-corrected chi connectivity index (χ4v) is 2.65. The van der Waals surface area contributed by atoms with Crippen molar-refractivity contribution in [3.63, 3.8) is 0 Å². The molecular weight excluding hydrogens is 284 g/mol. The van der Waals surface area contributed by atoms with Gasteiger partial charge in [-0.25, -0.2) is 0 Å². The number of fused-ring (bicyclic) bond motifs is 1. The standard InChI is InChI=1S/C15H18N4O3/c1-2-13(15(21)18-7-9-22-10-8-18)19-14(20)11-5-3-4-6-12(11)16-17-19/h3-6,13H,2,7-10H2,1H3/t13-/m0/s1. The highest BCUT2D eigenvalue weighted by Gasteiger charge is 2.28. The van der Waals surface area contributed by atoms with Crippen LogP contribution in [0.5, 0.6) is 0 Å². The maximum atomic E-state index is 12.7. The van der Waals surface area contributed by atoms with Crippen molar-refractivity contribution in [3.8, 4) is 0 Å². The van der Waals surface area contributed by atoms with E-state index < -0.39 is 6.04 Å². The molecule has 1 saturated heterocycles. The first kappa shape index (κ1) is 14.6. The summed E-state index contributed by atoms with van der Waals surface area (Å²) in [6, 6.07) is 6.40. The number of ether oxygens (including phenoxy) is 1. The summed E-state index contributed by atoms with van der Waals surface area (Å²) in [5, 5.41) is 8.50. The molecule has 7 nitrogen and oxygen atoms in total. The molecule has 0 aliphatic carbocycles. The second-order valence-corrected chi connectivity index (χ2v) is 5.22. The minimum Gasteiger partial charge on any atom is -0.378 e. The van der Waals surface area contributed by atoms with Gasteiger partial charge in [0.15, 0.2) is 0 Å². The minimum absolute atomic E-state index is 0.0996. The maximum absolute atomic E-state index is 12.7. The number of aromatic nitrogens is 3. The lowest BCUT2D eigenvalue weighted by Gasteiger charge is -2.30. The number of carbonyl (C=O) groups excluding carboxylic acids is 1. The molecular formula is C15H18N4O3. The summed E-state index contributed by atoms with van der Waals surface area (Å²) in [6.07, 6.45) is 0.489. The molecule has 1 atom stereocenters. The third-order valence-corrected chi connectivity index (χ3v) is 3.88. The van der Waals surface area contributed by atoms with E-state index in [9.17, 15) is 9.59 Å². The Morgan fingerprint density at radius 2 is 2.05 bits per heavy atom. The van der Waals surface area contributed by atoms with Crippen LogP contribution in [0, 0.1) is 0 Å². The summed E-state index contributed by atoms with van der Waals surface area (Å²) in [7, 11) is 0. The molecule has 0 spiro atoms. The molecule has 0 N–H and O–H groups in total.